The van der Waals surface area contributed by atoms with Crippen LogP contribution in [0.4, 0.5) is 5.69 Å². The summed E-state index contributed by atoms with van der Waals surface area (Å²) in [4.78, 5) is 12.0. The molecule has 2 rings (SSSR count). The predicted molar refractivity (Wildman–Crippen MR) is 92.3 cm³/mol. The van der Waals surface area contributed by atoms with Crippen molar-refractivity contribution in [3.05, 3.63) is 53.6 Å². The van der Waals surface area contributed by atoms with Crippen LogP contribution in [0.15, 0.2) is 42.5 Å². The summed E-state index contributed by atoms with van der Waals surface area (Å²) < 4.78 is 11.1. The van der Waals surface area contributed by atoms with Gasteiger partial charge in [-0.1, -0.05) is 30.7 Å². The number of anilines is 1. The van der Waals surface area contributed by atoms with Crippen molar-refractivity contribution in [2.75, 3.05) is 18.5 Å². The van der Waals surface area contributed by atoms with Gasteiger partial charge in [0.1, 0.15) is 11.5 Å². The van der Waals surface area contributed by atoms with Crippen LogP contribution in [0.5, 0.6) is 11.5 Å². The smallest absolute Gasteiger partial charge is 0.262 e. The molecule has 0 bridgehead atoms. The fourth-order valence-corrected chi connectivity index (χ4v) is 2.16. The fraction of sp³-hybridized carbons (Fsp3) is 0.316. The molecule has 4 heteroatoms. The summed E-state index contributed by atoms with van der Waals surface area (Å²) in [6.07, 6.45) is 0.948. The Morgan fingerprint density at radius 3 is 2.48 bits per heavy atom. The lowest BCUT2D eigenvalue weighted by molar-refractivity contribution is -0.118. The molecular formula is C19H23NO3. The van der Waals surface area contributed by atoms with E-state index in [4.69, 9.17) is 9.47 Å². The third-order valence-electron chi connectivity index (χ3n) is 3.30. The molecule has 0 aliphatic rings. The second kappa shape index (κ2) is 8.22. The number of aryl methyl sites for hydroxylation is 2. The minimum atomic E-state index is -0.183. The highest BCUT2D eigenvalue weighted by Gasteiger charge is 2.06. The van der Waals surface area contributed by atoms with Crippen LogP contribution in [-0.2, 0) is 4.79 Å². The van der Waals surface area contributed by atoms with E-state index in [0.29, 0.717) is 12.4 Å². The Kier molecular flexibility index (Phi) is 6.03. The number of carbonyl (C=O) groups excluding carboxylic acids is 1. The van der Waals surface area contributed by atoms with Crippen LogP contribution in [0.2, 0.25) is 0 Å². The molecule has 2 aromatic carbocycles. The van der Waals surface area contributed by atoms with Gasteiger partial charge in [-0.25, -0.2) is 0 Å². The first-order valence-corrected chi connectivity index (χ1v) is 7.81. The molecular weight excluding hydrogens is 290 g/mol. The summed E-state index contributed by atoms with van der Waals surface area (Å²) in [7, 11) is 0. The molecule has 0 heterocycles. The maximum Gasteiger partial charge on any atom is 0.262 e. The van der Waals surface area contributed by atoms with Crippen molar-refractivity contribution in [1.82, 2.24) is 0 Å². The zero-order valence-corrected chi connectivity index (χ0v) is 13.9. The first kappa shape index (κ1) is 16.9. The molecule has 2 aromatic rings. The van der Waals surface area contributed by atoms with E-state index in [1.807, 2.05) is 50.2 Å². The van der Waals surface area contributed by atoms with Gasteiger partial charge in [-0.2, -0.15) is 0 Å². The molecule has 23 heavy (non-hydrogen) atoms. The highest BCUT2D eigenvalue weighted by atomic mass is 16.5. The molecule has 0 atom stereocenters. The van der Waals surface area contributed by atoms with Gasteiger partial charge in [-0.15, -0.1) is 0 Å². The van der Waals surface area contributed by atoms with Gasteiger partial charge >= 0.3 is 0 Å². The standard InChI is InChI=1S/C19H23NO3/c1-4-10-22-16-6-5-7-17(12-16)23-13-19(21)20-18-9-8-14(2)11-15(18)3/h5-9,11-12H,4,10,13H2,1-3H3,(H,20,21). The first-order chi connectivity index (χ1) is 11.1. The first-order valence-electron chi connectivity index (χ1n) is 7.81. The highest BCUT2D eigenvalue weighted by molar-refractivity contribution is 5.92. The van der Waals surface area contributed by atoms with E-state index in [0.717, 1.165) is 23.4 Å². The molecule has 0 aliphatic carbocycles. The third-order valence-corrected chi connectivity index (χ3v) is 3.30. The zero-order chi connectivity index (χ0) is 16.7. The van der Waals surface area contributed by atoms with E-state index in [1.165, 1.54) is 5.56 Å². The number of carbonyl (C=O) groups is 1. The van der Waals surface area contributed by atoms with Gasteiger partial charge in [-0.3, -0.25) is 4.79 Å². The van der Waals surface area contributed by atoms with E-state index >= 15 is 0 Å². The summed E-state index contributed by atoms with van der Waals surface area (Å²) in [6, 6.07) is 13.2. The van der Waals surface area contributed by atoms with Gasteiger partial charge in [0.25, 0.3) is 5.91 Å². The van der Waals surface area contributed by atoms with Gasteiger partial charge in [0.15, 0.2) is 6.61 Å². The third kappa shape index (κ3) is 5.33. The van der Waals surface area contributed by atoms with Crippen molar-refractivity contribution in [3.8, 4) is 11.5 Å². The fourth-order valence-electron chi connectivity index (χ4n) is 2.16. The van der Waals surface area contributed by atoms with E-state index in [9.17, 15) is 4.79 Å². The number of benzene rings is 2. The molecule has 0 unspecified atom stereocenters. The molecule has 0 saturated carbocycles. The van der Waals surface area contributed by atoms with E-state index in [-0.39, 0.29) is 12.5 Å². The second-order valence-electron chi connectivity index (χ2n) is 5.48. The van der Waals surface area contributed by atoms with Gasteiger partial charge < -0.3 is 14.8 Å². The second-order valence-corrected chi connectivity index (χ2v) is 5.48. The molecule has 122 valence electrons. The van der Waals surface area contributed by atoms with Crippen LogP contribution in [0.1, 0.15) is 24.5 Å². The molecule has 0 radical (unpaired) electrons. The summed E-state index contributed by atoms with van der Waals surface area (Å²) in [6.45, 7) is 6.67. The van der Waals surface area contributed by atoms with Gasteiger partial charge in [0, 0.05) is 11.8 Å². The molecule has 0 spiro atoms. The zero-order valence-electron chi connectivity index (χ0n) is 13.9. The summed E-state index contributed by atoms with van der Waals surface area (Å²) >= 11 is 0. The predicted octanol–water partition coefficient (Wildman–Crippen LogP) is 4.11. The van der Waals surface area contributed by atoms with Gasteiger partial charge in [-0.05, 0) is 44.0 Å². The summed E-state index contributed by atoms with van der Waals surface area (Å²) in [5.74, 6) is 1.19. The number of hydrogen-bond donors (Lipinski definition) is 1. The van der Waals surface area contributed by atoms with Crippen LogP contribution in [0.25, 0.3) is 0 Å². The van der Waals surface area contributed by atoms with Crippen molar-refractivity contribution in [2.45, 2.75) is 27.2 Å². The summed E-state index contributed by atoms with van der Waals surface area (Å²) in [5, 5.41) is 2.86. The average Bonchev–Trinajstić information content (AvgIpc) is 2.54. The van der Waals surface area contributed by atoms with Crippen molar-refractivity contribution in [1.29, 1.82) is 0 Å². The Morgan fingerprint density at radius 1 is 1.04 bits per heavy atom. The SMILES string of the molecule is CCCOc1cccc(OCC(=O)Nc2ccc(C)cc2C)c1. The lowest BCUT2D eigenvalue weighted by atomic mass is 10.1. The molecule has 0 aliphatic heterocycles. The van der Waals surface area contributed by atoms with Crippen molar-refractivity contribution in [2.24, 2.45) is 0 Å². The Morgan fingerprint density at radius 2 is 1.78 bits per heavy atom. The summed E-state index contributed by atoms with van der Waals surface area (Å²) in [5.41, 5.74) is 3.01. The monoisotopic (exact) mass is 313 g/mol. The Labute approximate surface area is 137 Å². The minimum absolute atomic E-state index is 0.0372. The highest BCUT2D eigenvalue weighted by Crippen LogP contribution is 2.20. The van der Waals surface area contributed by atoms with Crippen LogP contribution in [0.3, 0.4) is 0 Å². The normalized spacial score (nSPS) is 10.2. The number of hydrogen-bond acceptors (Lipinski definition) is 3. The van der Waals surface area contributed by atoms with Crippen LogP contribution in [-0.4, -0.2) is 19.1 Å². The quantitative estimate of drug-likeness (QED) is 0.837. The Hall–Kier alpha value is -2.49. The van der Waals surface area contributed by atoms with Crippen LogP contribution >= 0.6 is 0 Å². The van der Waals surface area contributed by atoms with Crippen molar-refractivity contribution >= 4 is 11.6 Å². The molecule has 4 nitrogen and oxygen atoms in total. The lowest BCUT2D eigenvalue weighted by Gasteiger charge is -2.11. The molecule has 0 fully saturated rings. The Bertz CT molecular complexity index is 667. The average molecular weight is 313 g/mol. The molecule has 0 saturated heterocycles. The van der Waals surface area contributed by atoms with E-state index in [1.54, 1.807) is 6.07 Å². The van der Waals surface area contributed by atoms with Crippen LogP contribution < -0.4 is 14.8 Å². The topological polar surface area (TPSA) is 47.6 Å². The molecule has 0 aromatic heterocycles. The van der Waals surface area contributed by atoms with Gasteiger partial charge in [0.05, 0.1) is 6.61 Å². The minimum Gasteiger partial charge on any atom is -0.493 e. The number of amides is 1. The molecule has 1 N–H and O–H groups in total. The largest absolute Gasteiger partial charge is 0.493 e. The van der Waals surface area contributed by atoms with Gasteiger partial charge in [0.2, 0.25) is 0 Å². The Balaban J connectivity index is 1.89. The number of rotatable bonds is 7. The molecule has 1 amide bonds. The van der Waals surface area contributed by atoms with E-state index in [2.05, 4.69) is 12.2 Å². The van der Waals surface area contributed by atoms with Crippen molar-refractivity contribution < 1.29 is 14.3 Å². The maximum absolute atomic E-state index is 12.0. The lowest BCUT2D eigenvalue weighted by Crippen LogP contribution is -2.20. The number of ether oxygens (including phenoxy) is 2. The van der Waals surface area contributed by atoms with Crippen molar-refractivity contribution in [3.63, 3.8) is 0 Å². The van der Waals surface area contributed by atoms with E-state index < -0.39 is 0 Å². The maximum atomic E-state index is 12.0. The number of nitrogens with one attached hydrogen (secondary N) is 1. The van der Waals surface area contributed by atoms with Crippen LogP contribution in [0, 0.1) is 13.8 Å².